The average Bonchev–Trinajstić information content (AvgIpc) is 3.09. The van der Waals surface area contributed by atoms with E-state index in [-0.39, 0.29) is 18.5 Å². The Morgan fingerprint density at radius 2 is 2.00 bits per heavy atom. The number of benzene rings is 1. The maximum atomic E-state index is 12.7. The summed E-state index contributed by atoms with van der Waals surface area (Å²) >= 11 is 0. The van der Waals surface area contributed by atoms with Crippen molar-refractivity contribution in [2.75, 3.05) is 34.4 Å². The van der Waals surface area contributed by atoms with E-state index in [4.69, 9.17) is 14.6 Å². The van der Waals surface area contributed by atoms with Crippen LogP contribution >= 0.6 is 0 Å². The molecule has 1 saturated heterocycles. The van der Waals surface area contributed by atoms with Crippen molar-refractivity contribution in [2.45, 2.75) is 31.8 Å². The van der Waals surface area contributed by atoms with Crippen molar-refractivity contribution >= 4 is 11.9 Å². The van der Waals surface area contributed by atoms with Crippen LogP contribution in [0.3, 0.4) is 0 Å². The summed E-state index contributed by atoms with van der Waals surface area (Å²) in [6.45, 7) is 2.33. The summed E-state index contributed by atoms with van der Waals surface area (Å²) in [4.78, 5) is 27.1. The molecule has 1 aromatic carbocycles. The predicted octanol–water partition coefficient (Wildman–Crippen LogP) is 1.77. The van der Waals surface area contributed by atoms with Crippen LogP contribution in [0.1, 0.15) is 31.4 Å². The normalized spacial score (nSPS) is 18.3. The van der Waals surface area contributed by atoms with E-state index in [1.165, 1.54) is 0 Å². The number of amides is 1. The fourth-order valence-corrected chi connectivity index (χ4v) is 3.10. The molecule has 0 aromatic heterocycles. The zero-order valence-electron chi connectivity index (χ0n) is 15.2. The Balaban J connectivity index is 2.14. The second kappa shape index (κ2) is 8.20. The first-order chi connectivity index (χ1) is 11.9. The van der Waals surface area contributed by atoms with Gasteiger partial charge in [0.2, 0.25) is 5.91 Å². The predicted molar refractivity (Wildman–Crippen MR) is 93.0 cm³/mol. The Bertz CT molecular complexity index is 634. The summed E-state index contributed by atoms with van der Waals surface area (Å²) in [6, 6.07) is 4.96. The third-order valence-corrected chi connectivity index (χ3v) is 4.77. The number of carboxylic acids is 1. The summed E-state index contributed by atoms with van der Waals surface area (Å²) in [7, 11) is 4.82. The number of likely N-dealkylation sites (N-methyl/N-ethyl adjacent to an activating group) is 1. The van der Waals surface area contributed by atoms with Crippen molar-refractivity contribution < 1.29 is 24.2 Å². The fourth-order valence-electron chi connectivity index (χ4n) is 3.10. The van der Waals surface area contributed by atoms with Crippen molar-refractivity contribution in [3.63, 3.8) is 0 Å². The van der Waals surface area contributed by atoms with Crippen LogP contribution in [-0.4, -0.2) is 67.2 Å². The zero-order chi connectivity index (χ0) is 18.6. The van der Waals surface area contributed by atoms with E-state index in [1.807, 2.05) is 23.1 Å². The Hall–Kier alpha value is -2.28. The van der Waals surface area contributed by atoms with Gasteiger partial charge in [0.25, 0.3) is 0 Å². The lowest BCUT2D eigenvalue weighted by molar-refractivity contribution is -0.143. The van der Waals surface area contributed by atoms with Gasteiger partial charge in [0.1, 0.15) is 6.04 Å². The standard InChI is InChI=1S/C18H26N2O5/c1-12(18(22)23)19(2)11-17(21)20-9-5-6-14(20)13-7-8-15(24-3)16(10-13)25-4/h7-8,10,12,14H,5-6,9,11H2,1-4H3,(H,22,23). The number of likely N-dealkylation sites (tertiary alicyclic amines) is 1. The van der Waals surface area contributed by atoms with E-state index in [0.29, 0.717) is 18.0 Å². The van der Waals surface area contributed by atoms with Crippen LogP contribution in [0.15, 0.2) is 18.2 Å². The topological polar surface area (TPSA) is 79.3 Å². The second-order valence-electron chi connectivity index (χ2n) is 6.29. The molecule has 1 N–H and O–H groups in total. The summed E-state index contributed by atoms with van der Waals surface area (Å²) in [5, 5.41) is 9.08. The molecule has 2 atom stereocenters. The average molecular weight is 350 g/mol. The van der Waals surface area contributed by atoms with Crippen molar-refractivity contribution in [3.05, 3.63) is 23.8 Å². The Morgan fingerprint density at radius 3 is 2.60 bits per heavy atom. The molecular formula is C18H26N2O5. The quantitative estimate of drug-likeness (QED) is 0.807. The Morgan fingerprint density at radius 1 is 1.32 bits per heavy atom. The molecule has 0 spiro atoms. The lowest BCUT2D eigenvalue weighted by atomic mass is 10.0. The molecule has 1 aliphatic heterocycles. The fraction of sp³-hybridized carbons (Fsp3) is 0.556. The second-order valence-corrected chi connectivity index (χ2v) is 6.29. The molecule has 138 valence electrons. The van der Waals surface area contributed by atoms with E-state index in [1.54, 1.807) is 33.1 Å². The number of hydrogen-bond acceptors (Lipinski definition) is 5. The highest BCUT2D eigenvalue weighted by Crippen LogP contribution is 2.36. The molecule has 2 rings (SSSR count). The minimum atomic E-state index is -0.937. The molecule has 2 unspecified atom stereocenters. The van der Waals surface area contributed by atoms with Crippen molar-refractivity contribution in [1.29, 1.82) is 0 Å². The van der Waals surface area contributed by atoms with Crippen LogP contribution in [0.2, 0.25) is 0 Å². The molecule has 0 radical (unpaired) electrons. The molecule has 7 heteroatoms. The van der Waals surface area contributed by atoms with E-state index >= 15 is 0 Å². The van der Waals surface area contributed by atoms with Gasteiger partial charge in [-0.15, -0.1) is 0 Å². The number of carboxylic acid groups (broad SMARTS) is 1. The summed E-state index contributed by atoms with van der Waals surface area (Å²) in [5.41, 5.74) is 0.998. The molecule has 0 bridgehead atoms. The van der Waals surface area contributed by atoms with E-state index in [2.05, 4.69) is 0 Å². The Labute approximate surface area is 148 Å². The van der Waals surface area contributed by atoms with Crippen LogP contribution in [0.4, 0.5) is 0 Å². The van der Waals surface area contributed by atoms with Gasteiger partial charge in [-0.25, -0.2) is 0 Å². The van der Waals surface area contributed by atoms with Gasteiger partial charge in [0.05, 0.1) is 26.8 Å². The number of carbonyl (C=O) groups is 2. The molecule has 1 amide bonds. The third kappa shape index (κ3) is 4.22. The molecule has 7 nitrogen and oxygen atoms in total. The van der Waals surface area contributed by atoms with Crippen LogP contribution in [0.25, 0.3) is 0 Å². The van der Waals surface area contributed by atoms with Crippen LogP contribution in [0, 0.1) is 0 Å². The first-order valence-corrected chi connectivity index (χ1v) is 8.33. The molecule has 1 aromatic rings. The van der Waals surface area contributed by atoms with Crippen molar-refractivity contribution in [1.82, 2.24) is 9.80 Å². The van der Waals surface area contributed by atoms with Gasteiger partial charge in [0, 0.05) is 6.54 Å². The molecule has 1 aliphatic rings. The lowest BCUT2D eigenvalue weighted by Gasteiger charge is -2.29. The number of rotatable bonds is 7. The van der Waals surface area contributed by atoms with Crippen LogP contribution in [-0.2, 0) is 9.59 Å². The highest BCUT2D eigenvalue weighted by Gasteiger charge is 2.32. The van der Waals surface area contributed by atoms with Gasteiger partial charge in [-0.05, 0) is 44.5 Å². The van der Waals surface area contributed by atoms with Gasteiger partial charge < -0.3 is 19.5 Å². The molecule has 1 fully saturated rings. The van der Waals surface area contributed by atoms with Gasteiger partial charge in [-0.3, -0.25) is 14.5 Å². The van der Waals surface area contributed by atoms with Crippen LogP contribution in [0.5, 0.6) is 11.5 Å². The van der Waals surface area contributed by atoms with Gasteiger partial charge in [-0.1, -0.05) is 6.07 Å². The number of nitrogens with zero attached hydrogens (tertiary/aromatic N) is 2. The summed E-state index contributed by atoms with van der Waals surface area (Å²) < 4.78 is 10.6. The third-order valence-electron chi connectivity index (χ3n) is 4.77. The van der Waals surface area contributed by atoms with E-state index in [9.17, 15) is 9.59 Å². The molecule has 0 aliphatic carbocycles. The largest absolute Gasteiger partial charge is 0.493 e. The molecule has 0 saturated carbocycles. The highest BCUT2D eigenvalue weighted by molar-refractivity contribution is 5.80. The number of methoxy groups -OCH3 is 2. The zero-order valence-corrected chi connectivity index (χ0v) is 15.2. The van der Waals surface area contributed by atoms with Crippen molar-refractivity contribution in [3.8, 4) is 11.5 Å². The van der Waals surface area contributed by atoms with Gasteiger partial charge in [-0.2, -0.15) is 0 Å². The van der Waals surface area contributed by atoms with Crippen molar-refractivity contribution in [2.24, 2.45) is 0 Å². The van der Waals surface area contributed by atoms with Crippen LogP contribution < -0.4 is 9.47 Å². The minimum absolute atomic E-state index is 0.0270. The number of ether oxygens (including phenoxy) is 2. The van der Waals surface area contributed by atoms with E-state index in [0.717, 1.165) is 18.4 Å². The van der Waals surface area contributed by atoms with E-state index < -0.39 is 12.0 Å². The summed E-state index contributed by atoms with van der Waals surface area (Å²) in [6.07, 6.45) is 1.79. The summed E-state index contributed by atoms with van der Waals surface area (Å²) in [5.74, 6) is 0.286. The highest BCUT2D eigenvalue weighted by atomic mass is 16.5. The maximum absolute atomic E-state index is 12.7. The number of hydrogen-bond donors (Lipinski definition) is 1. The number of carbonyl (C=O) groups excluding carboxylic acids is 1. The minimum Gasteiger partial charge on any atom is -0.493 e. The van der Waals surface area contributed by atoms with Gasteiger partial charge >= 0.3 is 5.97 Å². The molecule has 25 heavy (non-hydrogen) atoms. The molecular weight excluding hydrogens is 324 g/mol. The number of aliphatic carboxylic acids is 1. The van der Waals surface area contributed by atoms with Gasteiger partial charge in [0.15, 0.2) is 11.5 Å². The first-order valence-electron chi connectivity index (χ1n) is 8.33. The Kier molecular flexibility index (Phi) is 6.25. The monoisotopic (exact) mass is 350 g/mol. The first kappa shape index (κ1) is 19.1. The smallest absolute Gasteiger partial charge is 0.320 e. The molecule has 1 heterocycles. The SMILES string of the molecule is COc1ccc(C2CCCN2C(=O)CN(C)C(C)C(=O)O)cc1OC. The lowest BCUT2D eigenvalue weighted by Crippen LogP contribution is -2.44. The maximum Gasteiger partial charge on any atom is 0.320 e.